The summed E-state index contributed by atoms with van der Waals surface area (Å²) in [4.78, 5) is 16.7. The molecule has 1 heterocycles. The van der Waals surface area contributed by atoms with Crippen LogP contribution in [-0.2, 0) is 6.54 Å². The van der Waals surface area contributed by atoms with E-state index in [0.29, 0.717) is 24.5 Å². The van der Waals surface area contributed by atoms with Crippen molar-refractivity contribution in [3.8, 4) is 0 Å². The van der Waals surface area contributed by atoms with Gasteiger partial charge in [-0.3, -0.25) is 9.48 Å². The van der Waals surface area contributed by atoms with Crippen LogP contribution >= 0.6 is 0 Å². The number of hydrogen-bond acceptors (Lipinski definition) is 4. The van der Waals surface area contributed by atoms with Crippen molar-refractivity contribution in [3.63, 3.8) is 0 Å². The minimum Gasteiger partial charge on any atom is -0.396 e. The first-order valence-corrected chi connectivity index (χ1v) is 7.91. The van der Waals surface area contributed by atoms with E-state index in [-0.39, 0.29) is 5.91 Å². The molecule has 6 heteroatoms. The van der Waals surface area contributed by atoms with Gasteiger partial charge in [0.25, 0.3) is 5.91 Å². The number of anilines is 1. The van der Waals surface area contributed by atoms with Crippen LogP contribution in [0.5, 0.6) is 0 Å². The highest BCUT2D eigenvalue weighted by Crippen LogP contribution is 2.12. The Balaban J connectivity index is 2.62. The Morgan fingerprint density at radius 3 is 2.33 bits per heavy atom. The van der Waals surface area contributed by atoms with Crippen molar-refractivity contribution < 1.29 is 4.79 Å². The largest absolute Gasteiger partial charge is 0.396 e. The third kappa shape index (κ3) is 4.74. The van der Waals surface area contributed by atoms with Crippen LogP contribution in [0.4, 0.5) is 5.69 Å². The van der Waals surface area contributed by atoms with Crippen molar-refractivity contribution in [2.75, 3.05) is 38.5 Å². The van der Waals surface area contributed by atoms with E-state index in [0.717, 1.165) is 32.6 Å². The van der Waals surface area contributed by atoms with Crippen molar-refractivity contribution in [2.45, 2.75) is 40.7 Å². The summed E-state index contributed by atoms with van der Waals surface area (Å²) in [6, 6.07) is 0. The lowest BCUT2D eigenvalue weighted by Crippen LogP contribution is -2.35. The molecule has 1 amide bonds. The quantitative estimate of drug-likeness (QED) is 0.752. The van der Waals surface area contributed by atoms with E-state index >= 15 is 0 Å². The van der Waals surface area contributed by atoms with Crippen LogP contribution in [0.1, 0.15) is 44.6 Å². The van der Waals surface area contributed by atoms with Crippen LogP contribution in [0.3, 0.4) is 0 Å². The van der Waals surface area contributed by atoms with Crippen LogP contribution in [0.25, 0.3) is 0 Å². The van der Waals surface area contributed by atoms with Gasteiger partial charge < -0.3 is 15.5 Å². The molecule has 2 N–H and O–H groups in total. The van der Waals surface area contributed by atoms with Gasteiger partial charge in [0.1, 0.15) is 0 Å². The zero-order chi connectivity index (χ0) is 15.8. The van der Waals surface area contributed by atoms with Gasteiger partial charge in [-0.1, -0.05) is 13.8 Å². The summed E-state index contributed by atoms with van der Waals surface area (Å²) < 4.78 is 1.70. The minimum absolute atomic E-state index is 0.0678. The Morgan fingerprint density at radius 2 is 1.86 bits per heavy atom. The normalized spacial score (nSPS) is 11.1. The van der Waals surface area contributed by atoms with E-state index in [1.165, 1.54) is 0 Å². The monoisotopic (exact) mass is 295 g/mol. The fourth-order valence-corrected chi connectivity index (χ4v) is 2.34. The number of nitrogens with two attached hydrogens (primary N) is 1. The molecule has 6 nitrogen and oxygen atoms in total. The maximum absolute atomic E-state index is 12.5. The molecule has 0 aromatic carbocycles. The third-order valence-electron chi connectivity index (χ3n) is 3.78. The van der Waals surface area contributed by atoms with E-state index < -0.39 is 0 Å². The molecule has 1 rings (SSSR count). The number of rotatable bonds is 9. The smallest absolute Gasteiger partial charge is 0.276 e. The fourth-order valence-electron chi connectivity index (χ4n) is 2.34. The zero-order valence-corrected chi connectivity index (χ0v) is 13.8. The van der Waals surface area contributed by atoms with Crippen molar-refractivity contribution in [1.29, 1.82) is 0 Å². The van der Waals surface area contributed by atoms with E-state index in [2.05, 4.69) is 23.8 Å². The Morgan fingerprint density at radius 1 is 1.19 bits per heavy atom. The molecular formula is C15H29N5O. The first kappa shape index (κ1) is 17.5. The molecule has 0 bridgehead atoms. The first-order chi connectivity index (χ1) is 10.1. The van der Waals surface area contributed by atoms with Gasteiger partial charge in [0, 0.05) is 25.8 Å². The SMILES string of the molecule is CCN(CC)CCCN(CC)C(=O)c1nn(CC)cc1N. The maximum Gasteiger partial charge on any atom is 0.276 e. The number of nitrogen functional groups attached to an aromatic ring is 1. The Labute approximate surface area is 127 Å². The number of aryl methyl sites for hydroxylation is 1. The van der Waals surface area contributed by atoms with Crippen molar-refractivity contribution in [2.24, 2.45) is 0 Å². The fraction of sp³-hybridized carbons (Fsp3) is 0.733. The molecule has 0 saturated heterocycles. The van der Waals surface area contributed by atoms with Gasteiger partial charge in [0.15, 0.2) is 5.69 Å². The van der Waals surface area contributed by atoms with Gasteiger partial charge in [-0.2, -0.15) is 5.10 Å². The van der Waals surface area contributed by atoms with Crippen molar-refractivity contribution in [1.82, 2.24) is 19.6 Å². The van der Waals surface area contributed by atoms with Crippen LogP contribution in [0, 0.1) is 0 Å². The molecule has 0 aliphatic carbocycles. The van der Waals surface area contributed by atoms with Gasteiger partial charge in [0.05, 0.1) is 5.69 Å². The van der Waals surface area contributed by atoms with Gasteiger partial charge in [-0.15, -0.1) is 0 Å². The van der Waals surface area contributed by atoms with Crippen molar-refractivity contribution in [3.05, 3.63) is 11.9 Å². The van der Waals surface area contributed by atoms with Gasteiger partial charge in [-0.05, 0) is 39.9 Å². The Hall–Kier alpha value is -1.56. The lowest BCUT2D eigenvalue weighted by molar-refractivity contribution is 0.0751. The average molecular weight is 295 g/mol. The standard InChI is InChI=1S/C15H29N5O/c1-5-18(6-2)10-9-11-19(7-3)15(21)14-13(16)12-20(8-4)17-14/h12H,5-11,16H2,1-4H3. The second-order valence-corrected chi connectivity index (χ2v) is 5.05. The van der Waals surface area contributed by atoms with Crippen LogP contribution in [0.15, 0.2) is 6.20 Å². The Kier molecular flexibility index (Phi) is 7.22. The number of aromatic nitrogens is 2. The molecule has 21 heavy (non-hydrogen) atoms. The molecule has 0 unspecified atom stereocenters. The molecule has 1 aromatic heterocycles. The number of hydrogen-bond donors (Lipinski definition) is 1. The van der Waals surface area contributed by atoms with Crippen LogP contribution in [-0.4, -0.2) is 58.2 Å². The number of nitrogens with zero attached hydrogens (tertiary/aromatic N) is 4. The first-order valence-electron chi connectivity index (χ1n) is 7.91. The summed E-state index contributed by atoms with van der Waals surface area (Å²) in [5.41, 5.74) is 6.73. The summed E-state index contributed by atoms with van der Waals surface area (Å²) in [5, 5.41) is 4.26. The number of carbonyl (C=O) groups excluding carboxylic acids is 1. The van der Waals surface area contributed by atoms with Crippen LogP contribution < -0.4 is 5.73 Å². The third-order valence-corrected chi connectivity index (χ3v) is 3.78. The molecule has 0 atom stereocenters. The molecule has 0 fully saturated rings. The Bertz CT molecular complexity index is 439. The molecule has 0 radical (unpaired) electrons. The van der Waals surface area contributed by atoms with Gasteiger partial charge >= 0.3 is 0 Å². The highest BCUT2D eigenvalue weighted by atomic mass is 16.2. The van der Waals surface area contributed by atoms with Crippen molar-refractivity contribution >= 4 is 11.6 Å². The summed E-state index contributed by atoms with van der Waals surface area (Å²) >= 11 is 0. The second kappa shape index (κ2) is 8.67. The predicted molar refractivity (Wildman–Crippen MR) is 86.3 cm³/mol. The molecule has 120 valence electrons. The highest BCUT2D eigenvalue weighted by molar-refractivity contribution is 5.97. The van der Waals surface area contributed by atoms with E-state index in [4.69, 9.17) is 5.73 Å². The summed E-state index contributed by atoms with van der Waals surface area (Å²) in [7, 11) is 0. The van der Waals surface area contributed by atoms with E-state index in [9.17, 15) is 4.79 Å². The number of amides is 1. The molecular weight excluding hydrogens is 266 g/mol. The second-order valence-electron chi connectivity index (χ2n) is 5.05. The lowest BCUT2D eigenvalue weighted by atomic mass is 10.3. The molecule has 0 aliphatic rings. The topological polar surface area (TPSA) is 67.4 Å². The lowest BCUT2D eigenvalue weighted by Gasteiger charge is -2.23. The maximum atomic E-state index is 12.5. The van der Waals surface area contributed by atoms with E-state index in [1.54, 1.807) is 10.9 Å². The van der Waals surface area contributed by atoms with Gasteiger partial charge in [-0.25, -0.2) is 0 Å². The summed E-state index contributed by atoms with van der Waals surface area (Å²) in [6.07, 6.45) is 2.69. The average Bonchev–Trinajstić information content (AvgIpc) is 2.88. The molecule has 0 spiro atoms. The predicted octanol–water partition coefficient (Wildman–Crippen LogP) is 1.68. The van der Waals surface area contributed by atoms with E-state index in [1.807, 2.05) is 18.7 Å². The molecule has 0 saturated carbocycles. The molecule has 0 aliphatic heterocycles. The summed E-state index contributed by atoms with van der Waals surface area (Å²) in [6.45, 7) is 13.5. The number of carbonyl (C=O) groups is 1. The van der Waals surface area contributed by atoms with Crippen LogP contribution in [0.2, 0.25) is 0 Å². The highest BCUT2D eigenvalue weighted by Gasteiger charge is 2.20. The minimum atomic E-state index is -0.0678. The molecule has 1 aromatic rings. The van der Waals surface area contributed by atoms with Gasteiger partial charge in [0.2, 0.25) is 0 Å². The zero-order valence-electron chi connectivity index (χ0n) is 13.8. The summed E-state index contributed by atoms with van der Waals surface area (Å²) in [5.74, 6) is -0.0678.